The maximum absolute atomic E-state index is 13.5. The smallest absolute Gasteiger partial charge is 0.290 e. The van der Waals surface area contributed by atoms with Crippen LogP contribution in [0.15, 0.2) is 55.9 Å². The number of nitrogens with zero attached hydrogens (tertiary/aromatic N) is 1. The molecule has 0 radical (unpaired) electrons. The quantitative estimate of drug-likeness (QED) is 0.478. The lowest BCUT2D eigenvalue weighted by molar-refractivity contribution is -0.130. The molecular weight excluding hydrogens is 482 g/mol. The molecule has 1 aromatic carbocycles. The van der Waals surface area contributed by atoms with Crippen molar-refractivity contribution < 1.29 is 23.8 Å². The number of carbonyl (C=O) groups excluding carboxylic acids is 2. The second-order valence-corrected chi connectivity index (χ2v) is 9.71. The Labute approximate surface area is 191 Å². The van der Waals surface area contributed by atoms with Crippen LogP contribution in [0.5, 0.6) is 0 Å². The third kappa shape index (κ3) is 3.52. The molecular formula is C23H20BrNO5S. The van der Waals surface area contributed by atoms with Gasteiger partial charge in [0, 0.05) is 27.9 Å². The Morgan fingerprint density at radius 2 is 2.16 bits per heavy atom. The van der Waals surface area contributed by atoms with Gasteiger partial charge in [0.2, 0.25) is 5.78 Å². The summed E-state index contributed by atoms with van der Waals surface area (Å²) in [6.07, 6.45) is 1.69. The van der Waals surface area contributed by atoms with Crippen molar-refractivity contribution in [2.45, 2.75) is 31.9 Å². The highest BCUT2D eigenvalue weighted by Gasteiger charge is 2.46. The third-order valence-electron chi connectivity index (χ3n) is 5.82. The summed E-state index contributed by atoms with van der Waals surface area (Å²) in [5.41, 5.74) is 1.59. The Balaban J connectivity index is 1.57. The molecule has 2 atom stereocenters. The van der Waals surface area contributed by atoms with Crippen molar-refractivity contribution in [1.82, 2.24) is 4.90 Å². The van der Waals surface area contributed by atoms with Crippen LogP contribution >= 0.6 is 27.3 Å². The number of ether oxygens (including phenoxy) is 1. The van der Waals surface area contributed by atoms with Crippen molar-refractivity contribution in [2.24, 2.45) is 0 Å². The standard InChI is InChI=1S/C23H20BrNO5S/c1-12-6-8-31-22(12)19-18(21(27)23(28)25(19)11-15-3-2-7-29-15)20(26)17-10-13-9-14(24)4-5-16(13)30-17/h4-6,8-10,15,19,27H,2-3,7,11H2,1H3. The summed E-state index contributed by atoms with van der Waals surface area (Å²) >= 11 is 4.88. The molecule has 2 aliphatic heterocycles. The summed E-state index contributed by atoms with van der Waals surface area (Å²) in [7, 11) is 0. The lowest BCUT2D eigenvalue weighted by atomic mass is 9.98. The van der Waals surface area contributed by atoms with Gasteiger partial charge in [-0.2, -0.15) is 0 Å². The lowest BCUT2D eigenvalue weighted by Gasteiger charge is -2.28. The van der Waals surface area contributed by atoms with E-state index in [9.17, 15) is 14.7 Å². The molecule has 0 bridgehead atoms. The predicted molar refractivity (Wildman–Crippen MR) is 120 cm³/mol. The molecule has 3 aromatic rings. The van der Waals surface area contributed by atoms with Crippen molar-refractivity contribution in [3.63, 3.8) is 0 Å². The molecule has 8 heteroatoms. The Kier molecular flexibility index (Phi) is 5.24. The number of aliphatic hydroxyl groups is 1. The first kappa shape index (κ1) is 20.5. The molecule has 1 saturated heterocycles. The van der Waals surface area contributed by atoms with Gasteiger partial charge in [0.1, 0.15) is 11.6 Å². The molecule has 1 fully saturated rings. The van der Waals surface area contributed by atoms with E-state index in [-0.39, 0.29) is 17.4 Å². The van der Waals surface area contributed by atoms with Crippen LogP contribution in [0.25, 0.3) is 11.0 Å². The number of halogens is 1. The van der Waals surface area contributed by atoms with Gasteiger partial charge in [0.05, 0.1) is 11.7 Å². The van der Waals surface area contributed by atoms with Gasteiger partial charge in [-0.3, -0.25) is 9.59 Å². The number of furan rings is 1. The zero-order valence-corrected chi connectivity index (χ0v) is 19.2. The second kappa shape index (κ2) is 7.93. The summed E-state index contributed by atoms with van der Waals surface area (Å²) in [6.45, 7) is 2.93. The van der Waals surface area contributed by atoms with Crippen LogP contribution in [0.4, 0.5) is 0 Å². The number of Topliss-reactive ketones (excluding diaryl/α,β-unsaturated/α-hetero) is 1. The van der Waals surface area contributed by atoms with Crippen molar-refractivity contribution in [3.05, 3.63) is 67.7 Å². The second-order valence-electron chi connectivity index (χ2n) is 7.85. The van der Waals surface area contributed by atoms with E-state index in [1.165, 1.54) is 11.3 Å². The normalized spacial score (nSPS) is 21.6. The van der Waals surface area contributed by atoms with Crippen LogP contribution in [0.3, 0.4) is 0 Å². The highest BCUT2D eigenvalue weighted by atomic mass is 79.9. The minimum atomic E-state index is -0.663. The van der Waals surface area contributed by atoms with E-state index in [0.717, 1.165) is 33.1 Å². The fourth-order valence-electron chi connectivity index (χ4n) is 4.28. The topological polar surface area (TPSA) is 80.0 Å². The SMILES string of the molecule is Cc1ccsc1C1C(C(=O)c2cc3cc(Br)ccc3o2)=C(O)C(=O)N1CC1CCCO1. The molecule has 1 N–H and O–H groups in total. The first-order valence-corrected chi connectivity index (χ1v) is 11.7. The van der Waals surface area contributed by atoms with Crippen LogP contribution in [-0.2, 0) is 9.53 Å². The van der Waals surface area contributed by atoms with Crippen LogP contribution < -0.4 is 0 Å². The Morgan fingerprint density at radius 3 is 2.87 bits per heavy atom. The van der Waals surface area contributed by atoms with Gasteiger partial charge >= 0.3 is 0 Å². The highest BCUT2D eigenvalue weighted by molar-refractivity contribution is 9.10. The number of ketones is 1. The molecule has 6 nitrogen and oxygen atoms in total. The number of carbonyl (C=O) groups is 2. The molecule has 2 unspecified atom stereocenters. The number of aliphatic hydroxyl groups excluding tert-OH is 1. The Hall–Kier alpha value is -2.42. The van der Waals surface area contributed by atoms with Crippen molar-refractivity contribution in [1.29, 1.82) is 0 Å². The van der Waals surface area contributed by atoms with Crippen LogP contribution in [0.2, 0.25) is 0 Å². The summed E-state index contributed by atoms with van der Waals surface area (Å²) in [5.74, 6) is -1.44. The predicted octanol–water partition coefficient (Wildman–Crippen LogP) is 5.32. The van der Waals surface area contributed by atoms with E-state index >= 15 is 0 Å². The van der Waals surface area contributed by atoms with Gasteiger partial charge in [0.15, 0.2) is 11.5 Å². The number of rotatable bonds is 5. The lowest BCUT2D eigenvalue weighted by Crippen LogP contribution is -2.37. The van der Waals surface area contributed by atoms with Crippen molar-refractivity contribution in [2.75, 3.05) is 13.2 Å². The van der Waals surface area contributed by atoms with Gasteiger partial charge in [0.25, 0.3) is 5.91 Å². The zero-order valence-electron chi connectivity index (χ0n) is 16.8. The van der Waals surface area contributed by atoms with Crippen LogP contribution in [0, 0.1) is 6.92 Å². The van der Waals surface area contributed by atoms with E-state index in [2.05, 4.69) is 15.9 Å². The zero-order chi connectivity index (χ0) is 21.7. The van der Waals surface area contributed by atoms with E-state index in [1.807, 2.05) is 30.5 Å². The van der Waals surface area contributed by atoms with Crippen molar-refractivity contribution in [3.8, 4) is 0 Å². The number of thiophene rings is 1. The van der Waals surface area contributed by atoms with E-state index in [4.69, 9.17) is 9.15 Å². The van der Waals surface area contributed by atoms with Gasteiger partial charge in [-0.15, -0.1) is 11.3 Å². The molecule has 5 rings (SSSR count). The van der Waals surface area contributed by atoms with Crippen LogP contribution in [-0.4, -0.2) is 41.0 Å². The first-order chi connectivity index (χ1) is 14.9. The molecule has 2 aliphatic rings. The third-order valence-corrected chi connectivity index (χ3v) is 7.39. The molecule has 0 spiro atoms. The first-order valence-electron chi connectivity index (χ1n) is 10.1. The molecule has 31 heavy (non-hydrogen) atoms. The van der Waals surface area contributed by atoms with Crippen LogP contribution in [0.1, 0.15) is 39.9 Å². The fraction of sp³-hybridized carbons (Fsp3) is 0.304. The molecule has 160 valence electrons. The van der Waals surface area contributed by atoms with E-state index in [1.54, 1.807) is 17.0 Å². The van der Waals surface area contributed by atoms with E-state index < -0.39 is 23.5 Å². The Morgan fingerprint density at radius 1 is 1.32 bits per heavy atom. The number of fused-ring (bicyclic) bond motifs is 1. The monoisotopic (exact) mass is 501 g/mol. The highest BCUT2D eigenvalue weighted by Crippen LogP contribution is 2.43. The molecule has 4 heterocycles. The van der Waals surface area contributed by atoms with E-state index in [0.29, 0.717) is 18.7 Å². The number of benzene rings is 1. The largest absolute Gasteiger partial charge is 0.503 e. The van der Waals surface area contributed by atoms with Crippen molar-refractivity contribution >= 4 is 49.9 Å². The molecule has 0 aliphatic carbocycles. The molecule has 0 saturated carbocycles. The molecule has 1 amide bonds. The number of aryl methyl sites for hydroxylation is 1. The number of amides is 1. The van der Waals surface area contributed by atoms with Gasteiger partial charge < -0.3 is 19.2 Å². The minimum Gasteiger partial charge on any atom is -0.503 e. The summed E-state index contributed by atoms with van der Waals surface area (Å²) in [6, 6.07) is 8.39. The maximum Gasteiger partial charge on any atom is 0.290 e. The van der Waals surface area contributed by atoms with Gasteiger partial charge in [-0.25, -0.2) is 0 Å². The van der Waals surface area contributed by atoms with Gasteiger partial charge in [-0.1, -0.05) is 15.9 Å². The number of hydrogen-bond donors (Lipinski definition) is 1. The summed E-state index contributed by atoms with van der Waals surface area (Å²) < 4.78 is 12.4. The fourth-order valence-corrected chi connectivity index (χ4v) is 5.70. The minimum absolute atomic E-state index is 0.0617. The average molecular weight is 502 g/mol. The van der Waals surface area contributed by atoms with Gasteiger partial charge in [-0.05, 0) is 61.0 Å². The summed E-state index contributed by atoms with van der Waals surface area (Å²) in [5, 5.41) is 13.5. The Bertz CT molecular complexity index is 1220. The maximum atomic E-state index is 13.5. The average Bonchev–Trinajstić information content (AvgIpc) is 3.52. The molecule has 2 aromatic heterocycles. The number of hydrogen-bond acceptors (Lipinski definition) is 6. The summed E-state index contributed by atoms with van der Waals surface area (Å²) in [4.78, 5) is 29.0.